The van der Waals surface area contributed by atoms with E-state index >= 15 is 0 Å². The molecule has 3 aromatic carbocycles. The maximum Gasteiger partial charge on any atom is 0.227 e. The summed E-state index contributed by atoms with van der Waals surface area (Å²) in [6.07, 6.45) is 5.06. The highest BCUT2D eigenvalue weighted by Crippen LogP contribution is 2.28. The SMILES string of the molecule is CCc1ccc(-c2cccc(S(=O)(=O)C[C@@H](Cc3cccc(C(=N)N)c3)C(=O)N3CCC(CCCC(=O)NC)CC3)c2)cc1. The number of amidine groups is 1. The maximum absolute atomic E-state index is 14.0. The van der Waals surface area contributed by atoms with Crippen LogP contribution in [0, 0.1) is 17.2 Å². The van der Waals surface area contributed by atoms with Gasteiger partial charge < -0.3 is 16.0 Å². The van der Waals surface area contributed by atoms with Crippen LogP contribution in [0.3, 0.4) is 0 Å². The van der Waals surface area contributed by atoms with Gasteiger partial charge >= 0.3 is 0 Å². The van der Waals surface area contributed by atoms with Crippen LogP contribution in [0.5, 0.6) is 0 Å². The summed E-state index contributed by atoms with van der Waals surface area (Å²) in [4.78, 5) is 27.5. The Morgan fingerprint density at radius 3 is 2.34 bits per heavy atom. The lowest BCUT2D eigenvalue weighted by Gasteiger charge is -2.34. The zero-order valence-electron chi connectivity index (χ0n) is 25.7. The van der Waals surface area contributed by atoms with Gasteiger partial charge in [0.1, 0.15) is 5.84 Å². The number of carbonyl (C=O) groups excluding carboxylic acids is 2. The average Bonchev–Trinajstić information content (AvgIpc) is 3.04. The van der Waals surface area contributed by atoms with Gasteiger partial charge in [-0.2, -0.15) is 0 Å². The van der Waals surface area contributed by atoms with Crippen molar-refractivity contribution in [2.45, 2.75) is 56.8 Å². The first-order valence-corrected chi connectivity index (χ1v) is 17.1. The summed E-state index contributed by atoms with van der Waals surface area (Å²) in [7, 11) is -2.18. The quantitative estimate of drug-likeness (QED) is 0.184. The third-order valence-corrected chi connectivity index (χ3v) is 10.4. The molecule has 1 aliphatic heterocycles. The van der Waals surface area contributed by atoms with Crippen LogP contribution in [0.25, 0.3) is 11.1 Å². The number of likely N-dealkylation sites (tertiary alicyclic amines) is 1. The maximum atomic E-state index is 14.0. The largest absolute Gasteiger partial charge is 0.384 e. The van der Waals surface area contributed by atoms with Gasteiger partial charge in [0, 0.05) is 32.1 Å². The lowest BCUT2D eigenvalue weighted by Crippen LogP contribution is -2.44. The van der Waals surface area contributed by atoms with E-state index in [0.717, 1.165) is 48.8 Å². The lowest BCUT2D eigenvalue weighted by atomic mass is 9.90. The Labute approximate surface area is 261 Å². The van der Waals surface area contributed by atoms with E-state index in [-0.39, 0.29) is 34.7 Å². The molecule has 44 heavy (non-hydrogen) atoms. The molecular weight excluding hydrogens is 572 g/mol. The van der Waals surface area contributed by atoms with Crippen LogP contribution in [-0.4, -0.2) is 56.9 Å². The van der Waals surface area contributed by atoms with Crippen LogP contribution >= 0.6 is 0 Å². The van der Waals surface area contributed by atoms with E-state index in [9.17, 15) is 18.0 Å². The molecule has 0 radical (unpaired) electrons. The average molecular weight is 617 g/mol. The first-order valence-electron chi connectivity index (χ1n) is 15.4. The Hall–Kier alpha value is -3.98. The van der Waals surface area contributed by atoms with Crippen molar-refractivity contribution in [2.24, 2.45) is 17.6 Å². The van der Waals surface area contributed by atoms with Crippen LogP contribution in [0.15, 0.2) is 77.7 Å². The zero-order valence-corrected chi connectivity index (χ0v) is 26.5. The van der Waals surface area contributed by atoms with Crippen LogP contribution in [0.4, 0.5) is 0 Å². The summed E-state index contributed by atoms with van der Waals surface area (Å²) in [6.45, 7) is 3.22. The molecule has 2 amide bonds. The van der Waals surface area contributed by atoms with Gasteiger partial charge in [-0.15, -0.1) is 0 Å². The van der Waals surface area contributed by atoms with Gasteiger partial charge in [0.25, 0.3) is 0 Å². The number of sulfone groups is 1. The fourth-order valence-electron chi connectivity index (χ4n) is 5.91. The molecule has 4 rings (SSSR count). The van der Waals surface area contributed by atoms with Gasteiger partial charge in [-0.05, 0) is 84.9 Å². The van der Waals surface area contributed by atoms with E-state index in [2.05, 4.69) is 12.2 Å². The standard InChI is InChI=1S/C35H44N4O4S/c1-3-25-13-15-28(16-14-25)29-9-6-11-32(23-29)44(42,43)24-31(22-27-8-4-10-30(21-27)34(36)37)35(41)39-19-17-26(18-20-39)7-5-12-33(40)38-2/h4,6,8-11,13-16,21,23,26,31H,3,5,7,12,17-20,22,24H2,1-2H3,(H3,36,37)(H,38,40)/t31-/m1/s1. The number of rotatable bonds is 13. The van der Waals surface area contributed by atoms with Crippen molar-refractivity contribution < 1.29 is 18.0 Å². The van der Waals surface area contributed by atoms with Crippen molar-refractivity contribution in [3.05, 3.63) is 89.5 Å². The molecule has 0 unspecified atom stereocenters. The normalized spacial score (nSPS) is 14.6. The van der Waals surface area contributed by atoms with E-state index in [1.54, 1.807) is 48.3 Å². The Morgan fingerprint density at radius 2 is 1.68 bits per heavy atom. The van der Waals surface area contributed by atoms with Gasteiger partial charge in [-0.3, -0.25) is 15.0 Å². The zero-order chi connectivity index (χ0) is 31.7. The fourth-order valence-corrected chi connectivity index (χ4v) is 7.48. The number of nitrogens with zero attached hydrogens (tertiary/aromatic N) is 1. The summed E-state index contributed by atoms with van der Waals surface area (Å²) in [5.74, 6) is -0.885. The second-order valence-electron chi connectivity index (χ2n) is 11.7. The van der Waals surface area contributed by atoms with E-state index in [4.69, 9.17) is 11.1 Å². The third kappa shape index (κ3) is 8.78. The highest BCUT2D eigenvalue weighted by atomic mass is 32.2. The number of benzene rings is 3. The summed E-state index contributed by atoms with van der Waals surface area (Å²) in [5, 5.41) is 10.5. The Balaban J connectivity index is 1.53. The summed E-state index contributed by atoms with van der Waals surface area (Å²) in [5.41, 5.74) is 9.96. The predicted molar refractivity (Wildman–Crippen MR) is 175 cm³/mol. The van der Waals surface area contributed by atoms with E-state index in [1.807, 2.05) is 36.4 Å². The minimum atomic E-state index is -3.82. The van der Waals surface area contributed by atoms with Crippen molar-refractivity contribution in [2.75, 3.05) is 25.9 Å². The first-order chi connectivity index (χ1) is 21.1. The topological polar surface area (TPSA) is 133 Å². The molecule has 9 heteroatoms. The van der Waals surface area contributed by atoms with Crippen LogP contribution < -0.4 is 11.1 Å². The molecule has 4 N–H and O–H groups in total. The molecule has 0 aliphatic carbocycles. The molecule has 1 atom stereocenters. The Bertz CT molecular complexity index is 1560. The summed E-state index contributed by atoms with van der Waals surface area (Å²) >= 11 is 0. The van der Waals surface area contributed by atoms with E-state index < -0.39 is 15.8 Å². The fraction of sp³-hybridized carbons (Fsp3) is 0.400. The second kappa shape index (κ2) is 15.1. The Kier molecular flexibility index (Phi) is 11.3. The van der Waals surface area contributed by atoms with E-state index in [1.165, 1.54) is 5.56 Å². The van der Waals surface area contributed by atoms with Crippen LogP contribution in [-0.2, 0) is 32.3 Å². The predicted octanol–water partition coefficient (Wildman–Crippen LogP) is 4.99. The van der Waals surface area contributed by atoms with Crippen LogP contribution in [0.2, 0.25) is 0 Å². The molecule has 0 bridgehead atoms. The molecule has 1 heterocycles. The molecular formula is C35H44N4O4S. The number of aryl methyl sites for hydroxylation is 1. The second-order valence-corrected chi connectivity index (χ2v) is 13.7. The van der Waals surface area contributed by atoms with Crippen molar-refractivity contribution in [1.29, 1.82) is 5.41 Å². The highest BCUT2D eigenvalue weighted by molar-refractivity contribution is 7.91. The number of piperidine rings is 1. The van der Waals surface area contributed by atoms with Gasteiger partial charge in [0.2, 0.25) is 11.8 Å². The number of nitrogens with one attached hydrogen (secondary N) is 2. The van der Waals surface area contributed by atoms with E-state index in [0.29, 0.717) is 31.0 Å². The van der Waals surface area contributed by atoms with Crippen molar-refractivity contribution in [3.63, 3.8) is 0 Å². The first kappa shape index (κ1) is 32.9. The van der Waals surface area contributed by atoms with Gasteiger partial charge in [-0.25, -0.2) is 8.42 Å². The third-order valence-electron chi connectivity index (χ3n) is 8.60. The lowest BCUT2D eigenvalue weighted by molar-refractivity contribution is -0.136. The minimum absolute atomic E-state index is 0.0374. The molecule has 1 aliphatic rings. The molecule has 0 aromatic heterocycles. The van der Waals surface area contributed by atoms with Gasteiger partial charge in [-0.1, -0.05) is 61.5 Å². The molecule has 3 aromatic rings. The number of hydrogen-bond acceptors (Lipinski definition) is 5. The molecule has 0 saturated carbocycles. The molecule has 1 fully saturated rings. The smallest absolute Gasteiger partial charge is 0.227 e. The van der Waals surface area contributed by atoms with Crippen molar-refractivity contribution in [1.82, 2.24) is 10.2 Å². The van der Waals surface area contributed by atoms with Crippen LogP contribution in [0.1, 0.15) is 55.7 Å². The van der Waals surface area contributed by atoms with Crippen molar-refractivity contribution >= 4 is 27.5 Å². The number of nitrogens with two attached hydrogens (primary N) is 1. The molecule has 0 spiro atoms. The summed E-state index contributed by atoms with van der Waals surface area (Å²) < 4.78 is 27.7. The van der Waals surface area contributed by atoms with Gasteiger partial charge in [0.15, 0.2) is 9.84 Å². The number of carbonyl (C=O) groups is 2. The Morgan fingerprint density at radius 1 is 0.977 bits per heavy atom. The molecule has 8 nitrogen and oxygen atoms in total. The number of nitrogen functional groups attached to an aromatic ring is 1. The molecule has 234 valence electrons. The monoisotopic (exact) mass is 616 g/mol. The molecule has 1 saturated heterocycles. The number of amides is 2. The summed E-state index contributed by atoms with van der Waals surface area (Å²) in [6, 6.07) is 22.1. The highest BCUT2D eigenvalue weighted by Gasteiger charge is 2.32. The van der Waals surface area contributed by atoms with Crippen molar-refractivity contribution in [3.8, 4) is 11.1 Å². The minimum Gasteiger partial charge on any atom is -0.384 e. The number of hydrogen-bond donors (Lipinski definition) is 3. The van der Waals surface area contributed by atoms with Gasteiger partial charge in [0.05, 0.1) is 16.6 Å².